The Bertz CT molecular complexity index is 475. The van der Waals surface area contributed by atoms with Crippen molar-refractivity contribution in [3.63, 3.8) is 0 Å². The molecule has 0 aliphatic carbocycles. The largest absolute Gasteiger partial charge is 0.512 e. The molecule has 4 nitrogen and oxygen atoms in total. The van der Waals surface area contributed by atoms with E-state index in [0.717, 1.165) is 18.1 Å². The van der Waals surface area contributed by atoms with Crippen LogP contribution < -0.4 is 0 Å². The number of phenolic OH excluding ortho intramolecular Hbond substituents is 1. The second-order valence-corrected chi connectivity index (χ2v) is 4.85. The molecule has 0 spiro atoms. The highest BCUT2D eigenvalue weighted by Gasteiger charge is 2.33. The smallest absolute Gasteiger partial charge is 0.334 e. The Kier molecular flexibility index (Phi) is 3.28. The fourth-order valence-corrected chi connectivity index (χ4v) is 2.09. The lowest BCUT2D eigenvalue weighted by molar-refractivity contribution is -0.155. The van der Waals surface area contributed by atoms with Crippen LogP contribution >= 0.6 is 0 Å². The minimum atomic E-state index is -0.659. The van der Waals surface area contributed by atoms with Gasteiger partial charge in [0.05, 0.1) is 6.08 Å². The quantitative estimate of drug-likeness (QED) is 0.806. The van der Waals surface area contributed by atoms with E-state index in [4.69, 9.17) is 4.74 Å². The van der Waals surface area contributed by atoms with Crippen LogP contribution in [0, 0.1) is 0 Å². The highest BCUT2D eigenvalue weighted by atomic mass is 16.6. The van der Waals surface area contributed by atoms with Crippen molar-refractivity contribution < 1.29 is 19.7 Å². The van der Waals surface area contributed by atoms with E-state index in [1.54, 1.807) is 12.1 Å². The van der Waals surface area contributed by atoms with Gasteiger partial charge in [-0.1, -0.05) is 12.1 Å². The van der Waals surface area contributed by atoms with Crippen molar-refractivity contribution in [2.45, 2.75) is 31.8 Å². The van der Waals surface area contributed by atoms with Crippen molar-refractivity contribution in [1.29, 1.82) is 0 Å². The van der Waals surface area contributed by atoms with Crippen molar-refractivity contribution in [2.24, 2.45) is 0 Å². The number of benzene rings is 1. The van der Waals surface area contributed by atoms with E-state index in [2.05, 4.69) is 0 Å². The van der Waals surface area contributed by atoms with E-state index < -0.39 is 11.6 Å². The van der Waals surface area contributed by atoms with Gasteiger partial charge in [0.2, 0.25) is 0 Å². The fourth-order valence-electron chi connectivity index (χ4n) is 2.09. The molecule has 96 valence electrons. The van der Waals surface area contributed by atoms with Crippen LogP contribution in [0.15, 0.2) is 36.1 Å². The number of carbonyl (C=O) groups is 1. The Labute approximate surface area is 106 Å². The fraction of sp³-hybridized carbons (Fsp3) is 0.357. The third-order valence-electron chi connectivity index (χ3n) is 3.07. The average Bonchev–Trinajstić information content (AvgIpc) is 2.26. The molecule has 1 aliphatic heterocycles. The SMILES string of the molecule is C[C@]1(CCc2ccc(O)cc2)CC(O)=CC(=O)O1. The highest BCUT2D eigenvalue weighted by molar-refractivity contribution is 5.83. The van der Waals surface area contributed by atoms with Gasteiger partial charge in [0.25, 0.3) is 0 Å². The molecule has 0 fully saturated rings. The summed E-state index contributed by atoms with van der Waals surface area (Å²) < 4.78 is 5.26. The molecule has 2 rings (SSSR count). The molecule has 1 aliphatic rings. The molecule has 0 saturated heterocycles. The number of aryl methyl sites for hydroxylation is 1. The number of esters is 1. The van der Waals surface area contributed by atoms with Gasteiger partial charge in [-0.2, -0.15) is 0 Å². The first-order chi connectivity index (χ1) is 8.47. The maximum Gasteiger partial charge on any atom is 0.334 e. The maximum absolute atomic E-state index is 11.3. The third kappa shape index (κ3) is 3.03. The number of ether oxygens (including phenoxy) is 1. The zero-order chi connectivity index (χ0) is 13.2. The number of aromatic hydroxyl groups is 1. The second-order valence-electron chi connectivity index (χ2n) is 4.85. The normalized spacial score (nSPS) is 23.4. The number of hydrogen-bond donors (Lipinski definition) is 2. The van der Waals surface area contributed by atoms with E-state index in [9.17, 15) is 15.0 Å². The molecular formula is C14H16O4. The number of aliphatic hydroxyl groups excluding tert-OH is 1. The first kappa shape index (κ1) is 12.5. The van der Waals surface area contributed by atoms with Gasteiger partial charge < -0.3 is 14.9 Å². The van der Waals surface area contributed by atoms with Gasteiger partial charge in [-0.05, 0) is 37.5 Å². The average molecular weight is 248 g/mol. The van der Waals surface area contributed by atoms with Crippen LogP contribution in [-0.4, -0.2) is 21.8 Å². The van der Waals surface area contributed by atoms with Crippen LogP contribution in [-0.2, 0) is 16.0 Å². The minimum absolute atomic E-state index is 0.0689. The van der Waals surface area contributed by atoms with Crippen LogP contribution in [0.5, 0.6) is 5.75 Å². The van der Waals surface area contributed by atoms with Crippen LogP contribution in [0.2, 0.25) is 0 Å². The van der Waals surface area contributed by atoms with Gasteiger partial charge in [0.1, 0.15) is 17.1 Å². The summed E-state index contributed by atoms with van der Waals surface area (Å²) in [4.78, 5) is 11.3. The van der Waals surface area contributed by atoms with Crippen molar-refractivity contribution in [2.75, 3.05) is 0 Å². The lowest BCUT2D eigenvalue weighted by Crippen LogP contribution is -2.35. The lowest BCUT2D eigenvalue weighted by atomic mass is 9.91. The molecule has 0 bridgehead atoms. The predicted octanol–water partition coefficient (Wildman–Crippen LogP) is 2.47. The van der Waals surface area contributed by atoms with Crippen molar-refractivity contribution >= 4 is 5.97 Å². The summed E-state index contributed by atoms with van der Waals surface area (Å²) in [5.74, 6) is -0.193. The molecule has 2 N–H and O–H groups in total. The summed E-state index contributed by atoms with van der Waals surface area (Å²) >= 11 is 0. The number of phenols is 1. The summed E-state index contributed by atoms with van der Waals surface area (Å²) in [6.07, 6.45) is 2.80. The Morgan fingerprint density at radius 1 is 1.28 bits per heavy atom. The van der Waals surface area contributed by atoms with Gasteiger partial charge in [-0.25, -0.2) is 4.79 Å². The van der Waals surface area contributed by atoms with E-state index in [0.29, 0.717) is 12.8 Å². The number of cyclic esters (lactones) is 1. The molecule has 0 unspecified atom stereocenters. The Morgan fingerprint density at radius 3 is 2.56 bits per heavy atom. The Hall–Kier alpha value is -1.97. The summed E-state index contributed by atoms with van der Waals surface area (Å²) in [5, 5.41) is 18.7. The number of hydrogen-bond acceptors (Lipinski definition) is 4. The second kappa shape index (κ2) is 4.72. The predicted molar refractivity (Wildman–Crippen MR) is 66.3 cm³/mol. The van der Waals surface area contributed by atoms with E-state index in [1.807, 2.05) is 19.1 Å². The Morgan fingerprint density at radius 2 is 1.94 bits per heavy atom. The molecule has 18 heavy (non-hydrogen) atoms. The molecule has 1 aromatic carbocycles. The lowest BCUT2D eigenvalue weighted by Gasteiger charge is -2.31. The van der Waals surface area contributed by atoms with E-state index in [1.165, 1.54) is 0 Å². The van der Waals surface area contributed by atoms with E-state index >= 15 is 0 Å². The van der Waals surface area contributed by atoms with Crippen molar-refractivity contribution in [3.8, 4) is 5.75 Å². The molecule has 0 radical (unpaired) electrons. The van der Waals surface area contributed by atoms with Gasteiger partial charge in [-0.15, -0.1) is 0 Å². The summed E-state index contributed by atoms with van der Waals surface area (Å²) in [7, 11) is 0. The molecule has 0 amide bonds. The number of aliphatic hydroxyl groups is 1. The third-order valence-corrected chi connectivity index (χ3v) is 3.07. The number of rotatable bonds is 3. The topological polar surface area (TPSA) is 66.8 Å². The number of carbonyl (C=O) groups excluding carboxylic acids is 1. The van der Waals surface area contributed by atoms with Crippen LogP contribution in [0.4, 0.5) is 0 Å². The van der Waals surface area contributed by atoms with Crippen LogP contribution in [0.3, 0.4) is 0 Å². The minimum Gasteiger partial charge on any atom is -0.512 e. The van der Waals surface area contributed by atoms with Crippen molar-refractivity contribution in [3.05, 3.63) is 41.7 Å². The van der Waals surface area contributed by atoms with Crippen LogP contribution in [0.25, 0.3) is 0 Å². The molecule has 1 heterocycles. The van der Waals surface area contributed by atoms with Gasteiger partial charge in [0.15, 0.2) is 0 Å². The van der Waals surface area contributed by atoms with Crippen LogP contribution in [0.1, 0.15) is 25.3 Å². The van der Waals surface area contributed by atoms with E-state index in [-0.39, 0.29) is 11.5 Å². The molecule has 1 atom stereocenters. The maximum atomic E-state index is 11.3. The summed E-state index contributed by atoms with van der Waals surface area (Å²) in [6, 6.07) is 6.92. The zero-order valence-electron chi connectivity index (χ0n) is 10.2. The monoisotopic (exact) mass is 248 g/mol. The first-order valence-electron chi connectivity index (χ1n) is 5.87. The molecule has 0 saturated carbocycles. The zero-order valence-corrected chi connectivity index (χ0v) is 10.2. The van der Waals surface area contributed by atoms with Gasteiger partial charge >= 0.3 is 5.97 Å². The van der Waals surface area contributed by atoms with Gasteiger partial charge in [0, 0.05) is 6.42 Å². The molecule has 0 aromatic heterocycles. The standard InChI is InChI=1S/C14H16O4/c1-14(9-12(16)8-13(17)18-14)7-6-10-2-4-11(15)5-3-10/h2-5,8,15-16H,6-7,9H2,1H3/t14-/m0/s1. The Balaban J connectivity index is 1.99. The van der Waals surface area contributed by atoms with Gasteiger partial charge in [-0.3, -0.25) is 0 Å². The molecular weight excluding hydrogens is 232 g/mol. The summed E-state index contributed by atoms with van der Waals surface area (Å²) in [5.41, 5.74) is 0.396. The molecule has 4 heteroatoms. The highest BCUT2D eigenvalue weighted by Crippen LogP contribution is 2.29. The first-order valence-corrected chi connectivity index (χ1v) is 5.87. The summed E-state index contributed by atoms with van der Waals surface area (Å²) in [6.45, 7) is 1.81. The van der Waals surface area contributed by atoms with Crippen molar-refractivity contribution in [1.82, 2.24) is 0 Å². The molecule has 1 aromatic rings.